The Balaban J connectivity index is 2.31. The molecule has 1 heterocycles. The quantitative estimate of drug-likeness (QED) is 0.936. The van der Waals surface area contributed by atoms with Crippen LogP contribution in [0.3, 0.4) is 0 Å². The normalized spacial score (nSPS) is 14.4. The molecule has 0 aliphatic rings. The highest BCUT2D eigenvalue weighted by atomic mass is 79.9. The molecule has 0 bridgehead atoms. The van der Waals surface area contributed by atoms with Crippen LogP contribution in [0.4, 0.5) is 4.39 Å². The van der Waals surface area contributed by atoms with Crippen LogP contribution in [0.2, 0.25) is 0 Å². The second kappa shape index (κ2) is 5.43. The number of aryl methyl sites for hydroxylation is 1. The fourth-order valence-corrected chi connectivity index (χ4v) is 2.94. The van der Waals surface area contributed by atoms with Gasteiger partial charge in [0, 0.05) is 13.0 Å². The van der Waals surface area contributed by atoms with Crippen molar-refractivity contribution in [3.05, 3.63) is 52.0 Å². The van der Waals surface area contributed by atoms with E-state index in [1.54, 1.807) is 29.9 Å². The van der Waals surface area contributed by atoms with Crippen LogP contribution >= 0.6 is 15.9 Å². The zero-order chi connectivity index (χ0) is 14.0. The minimum atomic E-state index is -1.07. The van der Waals surface area contributed by atoms with Crippen LogP contribution < -0.4 is 0 Å². The van der Waals surface area contributed by atoms with Crippen molar-refractivity contribution in [3.63, 3.8) is 0 Å². The fraction of sp³-hybridized carbons (Fsp3) is 0.357. The van der Waals surface area contributed by atoms with Crippen LogP contribution in [0, 0.1) is 5.82 Å². The summed E-state index contributed by atoms with van der Waals surface area (Å²) < 4.78 is 15.4. The number of rotatable bonds is 4. The van der Waals surface area contributed by atoms with Crippen molar-refractivity contribution in [1.82, 2.24) is 9.78 Å². The minimum absolute atomic E-state index is 0.275. The smallest absolute Gasteiger partial charge is 0.123 e. The summed E-state index contributed by atoms with van der Waals surface area (Å²) in [6, 6.07) is 6.17. The molecular weight excluding hydrogens is 311 g/mol. The first-order valence-corrected chi connectivity index (χ1v) is 6.92. The van der Waals surface area contributed by atoms with Gasteiger partial charge >= 0.3 is 0 Å². The lowest BCUT2D eigenvalue weighted by molar-refractivity contribution is 0.0472. The van der Waals surface area contributed by atoms with Gasteiger partial charge in [-0.15, -0.1) is 0 Å². The Morgan fingerprint density at radius 1 is 1.37 bits per heavy atom. The van der Waals surface area contributed by atoms with Crippen molar-refractivity contribution in [1.29, 1.82) is 0 Å². The summed E-state index contributed by atoms with van der Waals surface area (Å²) in [6.07, 6.45) is 2.08. The van der Waals surface area contributed by atoms with Crippen molar-refractivity contribution in [2.24, 2.45) is 0 Å². The SMILES string of the molecule is CCn1ncc(Br)c1C(C)(O)Cc1ccc(F)cc1. The molecule has 0 amide bonds. The standard InChI is InChI=1S/C14H16BrFN2O/c1-3-18-13(12(15)9-17-18)14(2,19)8-10-4-6-11(16)7-5-10/h4-7,9,19H,3,8H2,1-2H3. The van der Waals surface area contributed by atoms with Gasteiger partial charge in [-0.1, -0.05) is 12.1 Å². The van der Waals surface area contributed by atoms with E-state index in [1.807, 2.05) is 6.92 Å². The first-order valence-electron chi connectivity index (χ1n) is 6.12. The van der Waals surface area contributed by atoms with Gasteiger partial charge in [0.05, 0.1) is 16.4 Å². The van der Waals surface area contributed by atoms with E-state index in [-0.39, 0.29) is 5.82 Å². The number of aromatic nitrogens is 2. The Kier molecular flexibility index (Phi) is 4.06. The molecule has 2 aromatic rings. The molecule has 5 heteroatoms. The van der Waals surface area contributed by atoms with E-state index in [0.717, 1.165) is 15.7 Å². The molecule has 3 nitrogen and oxygen atoms in total. The largest absolute Gasteiger partial charge is 0.383 e. The lowest BCUT2D eigenvalue weighted by Gasteiger charge is -2.25. The first-order chi connectivity index (χ1) is 8.94. The Hall–Kier alpha value is -1.20. The molecule has 2 rings (SSSR count). The third kappa shape index (κ3) is 3.04. The molecule has 1 aromatic heterocycles. The second-order valence-corrected chi connectivity index (χ2v) is 5.59. The number of halogens is 2. The average molecular weight is 327 g/mol. The molecule has 0 aliphatic carbocycles. The third-order valence-electron chi connectivity index (χ3n) is 3.07. The lowest BCUT2D eigenvalue weighted by Crippen LogP contribution is -2.28. The molecule has 0 fully saturated rings. The molecule has 1 atom stereocenters. The number of hydrogen-bond donors (Lipinski definition) is 1. The summed E-state index contributed by atoms with van der Waals surface area (Å²) >= 11 is 3.42. The molecule has 19 heavy (non-hydrogen) atoms. The fourth-order valence-electron chi connectivity index (χ4n) is 2.22. The molecule has 0 saturated carbocycles. The molecule has 1 aromatic carbocycles. The molecule has 102 valence electrons. The first kappa shape index (κ1) is 14.2. The highest BCUT2D eigenvalue weighted by Crippen LogP contribution is 2.31. The van der Waals surface area contributed by atoms with E-state index in [9.17, 15) is 9.50 Å². The molecule has 0 aliphatic heterocycles. The van der Waals surface area contributed by atoms with Gasteiger partial charge in [-0.3, -0.25) is 4.68 Å². The maximum atomic E-state index is 12.9. The van der Waals surface area contributed by atoms with Crippen LogP contribution in [0.1, 0.15) is 25.1 Å². The monoisotopic (exact) mass is 326 g/mol. The topological polar surface area (TPSA) is 38.0 Å². The van der Waals surface area contributed by atoms with E-state index >= 15 is 0 Å². The van der Waals surface area contributed by atoms with Gasteiger partial charge in [-0.05, 0) is 47.5 Å². The van der Waals surface area contributed by atoms with Crippen LogP contribution in [0.15, 0.2) is 34.9 Å². The second-order valence-electron chi connectivity index (χ2n) is 4.73. The van der Waals surface area contributed by atoms with Gasteiger partial charge in [0.25, 0.3) is 0 Å². The van der Waals surface area contributed by atoms with Gasteiger partial charge in [0.2, 0.25) is 0 Å². The van der Waals surface area contributed by atoms with Gasteiger partial charge in [-0.2, -0.15) is 5.10 Å². The average Bonchev–Trinajstić information content (AvgIpc) is 2.74. The summed E-state index contributed by atoms with van der Waals surface area (Å²) in [7, 11) is 0. The third-order valence-corrected chi connectivity index (χ3v) is 3.65. The van der Waals surface area contributed by atoms with Crippen LogP contribution in [0.25, 0.3) is 0 Å². The number of benzene rings is 1. The zero-order valence-corrected chi connectivity index (χ0v) is 12.5. The van der Waals surface area contributed by atoms with Crippen molar-refractivity contribution >= 4 is 15.9 Å². The molecule has 0 saturated heterocycles. The molecule has 1 unspecified atom stereocenters. The maximum absolute atomic E-state index is 12.9. The maximum Gasteiger partial charge on any atom is 0.123 e. The summed E-state index contributed by atoms with van der Waals surface area (Å²) in [4.78, 5) is 0. The van der Waals surface area contributed by atoms with E-state index < -0.39 is 5.60 Å². The molecular formula is C14H16BrFN2O. The molecule has 0 spiro atoms. The van der Waals surface area contributed by atoms with Crippen molar-refractivity contribution in [3.8, 4) is 0 Å². The lowest BCUT2D eigenvalue weighted by atomic mass is 9.93. The highest BCUT2D eigenvalue weighted by Gasteiger charge is 2.30. The summed E-state index contributed by atoms with van der Waals surface area (Å²) in [5, 5.41) is 14.9. The summed E-state index contributed by atoms with van der Waals surface area (Å²) in [5.74, 6) is -0.275. The number of aliphatic hydroxyl groups is 1. The Labute approximate surface area is 120 Å². The predicted molar refractivity (Wildman–Crippen MR) is 75.3 cm³/mol. The van der Waals surface area contributed by atoms with E-state index in [1.165, 1.54) is 12.1 Å². The van der Waals surface area contributed by atoms with Crippen molar-refractivity contribution in [2.75, 3.05) is 0 Å². The minimum Gasteiger partial charge on any atom is -0.383 e. The zero-order valence-electron chi connectivity index (χ0n) is 10.9. The number of nitrogens with zero attached hydrogens (tertiary/aromatic N) is 2. The molecule has 0 radical (unpaired) electrons. The van der Waals surface area contributed by atoms with Gasteiger partial charge in [0.15, 0.2) is 0 Å². The molecule has 1 N–H and O–H groups in total. The Bertz CT molecular complexity index is 563. The van der Waals surface area contributed by atoms with E-state index in [4.69, 9.17) is 0 Å². The van der Waals surface area contributed by atoms with Crippen LogP contribution in [0.5, 0.6) is 0 Å². The van der Waals surface area contributed by atoms with Crippen molar-refractivity contribution < 1.29 is 9.50 Å². The highest BCUT2D eigenvalue weighted by molar-refractivity contribution is 9.10. The van der Waals surface area contributed by atoms with Crippen LogP contribution in [-0.2, 0) is 18.6 Å². The van der Waals surface area contributed by atoms with Gasteiger partial charge in [0.1, 0.15) is 11.4 Å². The summed E-state index contributed by atoms with van der Waals surface area (Å²) in [6.45, 7) is 4.39. The van der Waals surface area contributed by atoms with E-state index in [0.29, 0.717) is 13.0 Å². The van der Waals surface area contributed by atoms with Gasteiger partial charge in [-0.25, -0.2) is 4.39 Å². The Morgan fingerprint density at radius 3 is 2.58 bits per heavy atom. The summed E-state index contributed by atoms with van der Waals surface area (Å²) in [5.41, 5.74) is 0.546. The number of hydrogen-bond acceptors (Lipinski definition) is 2. The van der Waals surface area contributed by atoms with E-state index in [2.05, 4.69) is 21.0 Å². The predicted octanol–water partition coefficient (Wildman–Crippen LogP) is 3.25. The van der Waals surface area contributed by atoms with Crippen LogP contribution in [-0.4, -0.2) is 14.9 Å². The van der Waals surface area contributed by atoms with Crippen molar-refractivity contribution in [2.45, 2.75) is 32.4 Å². The van der Waals surface area contributed by atoms with Gasteiger partial charge < -0.3 is 5.11 Å². The Morgan fingerprint density at radius 2 is 2.00 bits per heavy atom.